The van der Waals surface area contributed by atoms with E-state index in [-0.39, 0.29) is 5.95 Å². The van der Waals surface area contributed by atoms with Crippen LogP contribution < -0.4 is 15.8 Å². The van der Waals surface area contributed by atoms with Gasteiger partial charge in [0.05, 0.1) is 13.3 Å². The van der Waals surface area contributed by atoms with Crippen LogP contribution in [0.1, 0.15) is 40.0 Å². The van der Waals surface area contributed by atoms with Crippen molar-refractivity contribution in [3.63, 3.8) is 0 Å². The molecule has 0 radical (unpaired) electrons. The van der Waals surface area contributed by atoms with E-state index in [0.29, 0.717) is 23.5 Å². The molecule has 1 aromatic rings. The molecule has 0 spiro atoms. The molecule has 3 N–H and O–H groups in total. The summed E-state index contributed by atoms with van der Waals surface area (Å²) in [5.41, 5.74) is 5.62. The highest BCUT2D eigenvalue weighted by Gasteiger charge is 2.17. The monoisotopic (exact) mass is 252 g/mol. The molecule has 0 bridgehead atoms. The molecule has 0 aromatic carbocycles. The van der Waals surface area contributed by atoms with Gasteiger partial charge in [-0.2, -0.15) is 4.98 Å². The average molecular weight is 252 g/mol. The van der Waals surface area contributed by atoms with Crippen molar-refractivity contribution in [1.82, 2.24) is 9.97 Å². The Bertz CT molecular complexity index is 370. The van der Waals surface area contributed by atoms with Crippen LogP contribution in [0.4, 0.5) is 11.8 Å². The fourth-order valence-corrected chi connectivity index (χ4v) is 1.91. The first kappa shape index (κ1) is 14.5. The van der Waals surface area contributed by atoms with Gasteiger partial charge in [-0.05, 0) is 12.3 Å². The zero-order chi connectivity index (χ0) is 13.5. The standard InChI is InChI=1S/C13H24N4O/c1-5-7-10(9(3)6-2)16-12-11(18-4)8-15-13(14)17-12/h8-10H,5-7H2,1-4H3,(H3,14,15,16,17). The number of nitrogens with zero attached hydrogens (tertiary/aromatic N) is 2. The molecule has 2 atom stereocenters. The predicted octanol–water partition coefficient (Wildman–Crippen LogP) is 2.69. The third kappa shape index (κ3) is 3.75. The molecule has 102 valence electrons. The quantitative estimate of drug-likeness (QED) is 0.780. The zero-order valence-electron chi connectivity index (χ0n) is 11.7. The van der Waals surface area contributed by atoms with Crippen LogP contribution in [0.5, 0.6) is 5.75 Å². The molecule has 0 fully saturated rings. The second-order valence-electron chi connectivity index (χ2n) is 4.57. The molecular weight excluding hydrogens is 228 g/mol. The molecule has 5 nitrogen and oxygen atoms in total. The Balaban J connectivity index is 2.88. The van der Waals surface area contributed by atoms with Gasteiger partial charge in [0, 0.05) is 6.04 Å². The maximum Gasteiger partial charge on any atom is 0.222 e. The number of ether oxygens (including phenoxy) is 1. The highest BCUT2D eigenvalue weighted by molar-refractivity contribution is 5.51. The van der Waals surface area contributed by atoms with Gasteiger partial charge in [0.15, 0.2) is 11.6 Å². The van der Waals surface area contributed by atoms with E-state index < -0.39 is 0 Å². The van der Waals surface area contributed by atoms with Crippen molar-refractivity contribution in [3.8, 4) is 5.75 Å². The summed E-state index contributed by atoms with van der Waals surface area (Å²) in [4.78, 5) is 8.14. The SMILES string of the molecule is CCCC(Nc1nc(N)ncc1OC)C(C)CC. The summed E-state index contributed by atoms with van der Waals surface area (Å²) in [6.07, 6.45) is 4.96. The Kier molecular flexibility index (Phi) is 5.68. The number of nitrogens with two attached hydrogens (primary N) is 1. The Morgan fingerprint density at radius 1 is 1.44 bits per heavy atom. The van der Waals surface area contributed by atoms with Crippen LogP contribution in [-0.2, 0) is 0 Å². The van der Waals surface area contributed by atoms with Gasteiger partial charge >= 0.3 is 0 Å². The molecule has 5 heteroatoms. The molecule has 0 saturated carbocycles. The first-order valence-corrected chi connectivity index (χ1v) is 6.55. The second kappa shape index (κ2) is 7.03. The summed E-state index contributed by atoms with van der Waals surface area (Å²) in [5.74, 6) is 2.15. The molecule has 0 aliphatic heterocycles. The highest BCUT2D eigenvalue weighted by atomic mass is 16.5. The third-order valence-electron chi connectivity index (χ3n) is 3.25. The Morgan fingerprint density at radius 3 is 2.72 bits per heavy atom. The summed E-state index contributed by atoms with van der Waals surface area (Å²) in [6, 6.07) is 0.378. The fraction of sp³-hybridized carbons (Fsp3) is 0.692. The smallest absolute Gasteiger partial charge is 0.222 e. The van der Waals surface area contributed by atoms with E-state index in [1.165, 1.54) is 0 Å². The van der Waals surface area contributed by atoms with Crippen molar-refractivity contribution in [2.24, 2.45) is 5.92 Å². The van der Waals surface area contributed by atoms with Gasteiger partial charge in [-0.25, -0.2) is 4.98 Å². The zero-order valence-corrected chi connectivity index (χ0v) is 11.7. The van der Waals surface area contributed by atoms with E-state index in [1.54, 1.807) is 13.3 Å². The molecule has 0 aliphatic carbocycles. The maximum atomic E-state index is 5.62. The van der Waals surface area contributed by atoms with Gasteiger partial charge in [0.25, 0.3) is 0 Å². The lowest BCUT2D eigenvalue weighted by atomic mass is 9.95. The van der Waals surface area contributed by atoms with Gasteiger partial charge in [0.1, 0.15) is 0 Å². The number of anilines is 2. The normalized spacial score (nSPS) is 14.0. The van der Waals surface area contributed by atoms with Crippen LogP contribution in [-0.4, -0.2) is 23.1 Å². The van der Waals surface area contributed by atoms with Crippen molar-refractivity contribution in [2.45, 2.75) is 46.1 Å². The summed E-state index contributed by atoms with van der Waals surface area (Å²) < 4.78 is 5.25. The molecule has 1 heterocycles. The van der Waals surface area contributed by atoms with E-state index in [2.05, 4.69) is 36.1 Å². The van der Waals surface area contributed by atoms with Crippen LogP contribution in [0.2, 0.25) is 0 Å². The van der Waals surface area contributed by atoms with Gasteiger partial charge in [-0.3, -0.25) is 0 Å². The highest BCUT2D eigenvalue weighted by Crippen LogP contribution is 2.25. The summed E-state index contributed by atoms with van der Waals surface area (Å²) in [6.45, 7) is 6.62. The van der Waals surface area contributed by atoms with E-state index in [1.807, 2.05) is 0 Å². The van der Waals surface area contributed by atoms with Crippen LogP contribution in [0, 0.1) is 5.92 Å². The molecule has 2 unspecified atom stereocenters. The number of methoxy groups -OCH3 is 1. The van der Waals surface area contributed by atoms with Crippen LogP contribution in [0.25, 0.3) is 0 Å². The Morgan fingerprint density at radius 2 is 2.17 bits per heavy atom. The summed E-state index contributed by atoms with van der Waals surface area (Å²) >= 11 is 0. The summed E-state index contributed by atoms with van der Waals surface area (Å²) in [5, 5.41) is 3.43. The number of aromatic nitrogens is 2. The molecule has 0 aliphatic rings. The van der Waals surface area contributed by atoms with Crippen LogP contribution >= 0.6 is 0 Å². The van der Waals surface area contributed by atoms with Crippen LogP contribution in [0.15, 0.2) is 6.20 Å². The van der Waals surface area contributed by atoms with Crippen LogP contribution in [0.3, 0.4) is 0 Å². The van der Waals surface area contributed by atoms with Gasteiger partial charge in [0.2, 0.25) is 5.95 Å². The molecule has 0 saturated heterocycles. The first-order valence-electron chi connectivity index (χ1n) is 6.55. The van der Waals surface area contributed by atoms with Crippen molar-refractivity contribution in [2.75, 3.05) is 18.2 Å². The molecule has 0 amide bonds. The number of hydrogen-bond acceptors (Lipinski definition) is 5. The average Bonchev–Trinajstić information content (AvgIpc) is 2.37. The summed E-state index contributed by atoms with van der Waals surface area (Å²) in [7, 11) is 1.61. The fourth-order valence-electron chi connectivity index (χ4n) is 1.91. The lowest BCUT2D eigenvalue weighted by Crippen LogP contribution is -2.27. The lowest BCUT2D eigenvalue weighted by molar-refractivity contribution is 0.406. The third-order valence-corrected chi connectivity index (χ3v) is 3.25. The molecule has 1 rings (SSSR count). The Labute approximate surface area is 109 Å². The molecule has 18 heavy (non-hydrogen) atoms. The minimum absolute atomic E-state index is 0.262. The second-order valence-corrected chi connectivity index (χ2v) is 4.57. The van der Waals surface area contributed by atoms with Gasteiger partial charge in [-0.15, -0.1) is 0 Å². The number of rotatable bonds is 7. The number of hydrogen-bond donors (Lipinski definition) is 2. The minimum atomic E-state index is 0.262. The van der Waals surface area contributed by atoms with Crippen molar-refractivity contribution in [1.29, 1.82) is 0 Å². The van der Waals surface area contributed by atoms with Crippen molar-refractivity contribution in [3.05, 3.63) is 6.20 Å². The predicted molar refractivity (Wildman–Crippen MR) is 74.8 cm³/mol. The van der Waals surface area contributed by atoms with E-state index in [0.717, 1.165) is 19.3 Å². The Hall–Kier alpha value is -1.52. The number of nitrogens with one attached hydrogen (secondary N) is 1. The maximum absolute atomic E-state index is 5.62. The largest absolute Gasteiger partial charge is 0.491 e. The van der Waals surface area contributed by atoms with E-state index in [4.69, 9.17) is 10.5 Å². The van der Waals surface area contributed by atoms with E-state index in [9.17, 15) is 0 Å². The van der Waals surface area contributed by atoms with Crippen molar-refractivity contribution >= 4 is 11.8 Å². The van der Waals surface area contributed by atoms with E-state index >= 15 is 0 Å². The molecule has 1 aromatic heterocycles. The minimum Gasteiger partial charge on any atom is -0.491 e. The molecular formula is C13H24N4O. The van der Waals surface area contributed by atoms with Gasteiger partial charge in [-0.1, -0.05) is 33.6 Å². The topological polar surface area (TPSA) is 73.1 Å². The lowest BCUT2D eigenvalue weighted by Gasteiger charge is -2.25. The van der Waals surface area contributed by atoms with Crippen molar-refractivity contribution < 1.29 is 4.74 Å². The van der Waals surface area contributed by atoms with Gasteiger partial charge < -0.3 is 15.8 Å². The number of nitrogen functional groups attached to an aromatic ring is 1. The first-order chi connectivity index (χ1) is 8.62.